The van der Waals surface area contributed by atoms with Crippen LogP contribution < -0.4 is 10.6 Å². The Bertz CT molecular complexity index is 1160. The first-order valence-electron chi connectivity index (χ1n) is 9.56. The molecular weight excluding hydrogens is 366 g/mol. The minimum absolute atomic E-state index is 0.477. The average Bonchev–Trinajstić information content (AvgIpc) is 3.20. The maximum absolute atomic E-state index is 5.75. The van der Waals surface area contributed by atoms with Crippen molar-refractivity contribution < 1.29 is 4.74 Å². The molecule has 0 amide bonds. The van der Waals surface area contributed by atoms with Crippen LogP contribution in [0, 0.1) is 6.92 Å². The second-order valence-electron chi connectivity index (χ2n) is 7.05. The predicted molar refractivity (Wildman–Crippen MR) is 112 cm³/mol. The summed E-state index contributed by atoms with van der Waals surface area (Å²) in [6.45, 7) is 4.91. The summed E-state index contributed by atoms with van der Waals surface area (Å²) < 4.78 is 7.35. The van der Waals surface area contributed by atoms with Crippen molar-refractivity contribution in [3.05, 3.63) is 54.4 Å². The van der Waals surface area contributed by atoms with E-state index in [0.29, 0.717) is 30.8 Å². The zero-order chi connectivity index (χ0) is 19.8. The third kappa shape index (κ3) is 3.27. The molecule has 0 unspecified atom stereocenters. The van der Waals surface area contributed by atoms with Gasteiger partial charge in [-0.2, -0.15) is 10.1 Å². The molecule has 5 rings (SSSR count). The molecule has 0 radical (unpaired) electrons. The molecule has 146 valence electrons. The molecule has 4 heterocycles. The van der Waals surface area contributed by atoms with Gasteiger partial charge in [0.15, 0.2) is 5.82 Å². The molecule has 0 aliphatic carbocycles. The minimum atomic E-state index is 0.477. The maximum Gasteiger partial charge on any atom is 0.228 e. The molecule has 0 bridgehead atoms. The third-order valence-corrected chi connectivity index (χ3v) is 5.13. The Kier molecular flexibility index (Phi) is 4.33. The summed E-state index contributed by atoms with van der Waals surface area (Å²) in [4.78, 5) is 16.0. The van der Waals surface area contributed by atoms with Gasteiger partial charge in [-0.3, -0.25) is 0 Å². The number of nitrogens with zero attached hydrogens (tertiary/aromatic N) is 6. The van der Waals surface area contributed by atoms with E-state index in [4.69, 9.17) is 20.4 Å². The number of anilines is 2. The Balaban J connectivity index is 1.68. The number of nitrogens with two attached hydrogens (primary N) is 1. The van der Waals surface area contributed by atoms with Crippen molar-refractivity contribution in [2.75, 3.05) is 36.9 Å². The number of benzene rings is 1. The second kappa shape index (κ2) is 7.14. The van der Waals surface area contributed by atoms with Crippen LogP contribution >= 0.6 is 0 Å². The first kappa shape index (κ1) is 17.6. The first-order chi connectivity index (χ1) is 14.2. The monoisotopic (exact) mass is 387 g/mol. The number of morpholine rings is 1. The van der Waals surface area contributed by atoms with E-state index < -0.39 is 0 Å². The number of fused-ring (bicyclic) bond motifs is 1. The Morgan fingerprint density at radius 2 is 1.90 bits per heavy atom. The number of hydrogen-bond acceptors (Lipinski definition) is 7. The molecule has 3 aromatic heterocycles. The summed E-state index contributed by atoms with van der Waals surface area (Å²) >= 11 is 0. The number of aryl methyl sites for hydroxylation is 1. The van der Waals surface area contributed by atoms with E-state index in [9.17, 15) is 0 Å². The van der Waals surface area contributed by atoms with Gasteiger partial charge in [-0.05, 0) is 30.7 Å². The Labute approximate surface area is 168 Å². The quantitative estimate of drug-likeness (QED) is 0.577. The lowest BCUT2D eigenvalue weighted by Gasteiger charge is -2.27. The predicted octanol–water partition coefficient (Wildman–Crippen LogP) is 2.60. The van der Waals surface area contributed by atoms with E-state index >= 15 is 0 Å². The molecule has 1 saturated heterocycles. The van der Waals surface area contributed by atoms with Crippen LogP contribution in [0.4, 0.5) is 11.8 Å². The van der Waals surface area contributed by atoms with Gasteiger partial charge in [0.1, 0.15) is 5.82 Å². The van der Waals surface area contributed by atoms with Crippen molar-refractivity contribution in [3.63, 3.8) is 0 Å². The highest BCUT2D eigenvalue weighted by Crippen LogP contribution is 2.26. The van der Waals surface area contributed by atoms with Gasteiger partial charge in [0.05, 0.1) is 30.6 Å². The zero-order valence-electron chi connectivity index (χ0n) is 16.1. The van der Waals surface area contributed by atoms with Crippen molar-refractivity contribution >= 4 is 22.7 Å². The smallest absolute Gasteiger partial charge is 0.228 e. The molecule has 0 saturated carbocycles. The van der Waals surface area contributed by atoms with Gasteiger partial charge in [-0.1, -0.05) is 12.1 Å². The normalized spacial score (nSPS) is 14.4. The van der Waals surface area contributed by atoms with Crippen LogP contribution in [-0.2, 0) is 4.74 Å². The highest BCUT2D eigenvalue weighted by molar-refractivity contribution is 5.83. The van der Waals surface area contributed by atoms with Crippen molar-refractivity contribution in [2.45, 2.75) is 6.92 Å². The summed E-state index contributed by atoms with van der Waals surface area (Å²) in [6, 6.07) is 11.8. The number of pyridine rings is 1. The molecule has 0 atom stereocenters. The van der Waals surface area contributed by atoms with Gasteiger partial charge in [0.25, 0.3) is 0 Å². The molecular formula is C21H21N7O. The summed E-state index contributed by atoms with van der Waals surface area (Å²) in [6.07, 6.45) is 3.61. The van der Waals surface area contributed by atoms with Crippen LogP contribution in [0.5, 0.6) is 0 Å². The Morgan fingerprint density at radius 1 is 1.03 bits per heavy atom. The van der Waals surface area contributed by atoms with Gasteiger partial charge >= 0.3 is 0 Å². The van der Waals surface area contributed by atoms with Crippen LogP contribution in [0.15, 0.2) is 48.8 Å². The number of nitrogen functional groups attached to an aromatic ring is 1. The molecule has 1 aromatic carbocycles. The first-order valence-corrected chi connectivity index (χ1v) is 9.56. The largest absolute Gasteiger partial charge is 0.384 e. The highest BCUT2D eigenvalue weighted by Gasteiger charge is 2.18. The Hall–Kier alpha value is -3.52. The van der Waals surface area contributed by atoms with Gasteiger partial charge in [0.2, 0.25) is 5.95 Å². The van der Waals surface area contributed by atoms with E-state index in [1.807, 2.05) is 29.1 Å². The van der Waals surface area contributed by atoms with Gasteiger partial charge < -0.3 is 15.4 Å². The second-order valence-corrected chi connectivity index (χ2v) is 7.05. The maximum atomic E-state index is 5.75. The van der Waals surface area contributed by atoms with Crippen LogP contribution in [0.2, 0.25) is 0 Å². The lowest BCUT2D eigenvalue weighted by Crippen LogP contribution is -2.37. The van der Waals surface area contributed by atoms with Gasteiger partial charge in [0, 0.05) is 36.3 Å². The molecule has 0 spiro atoms. The lowest BCUT2D eigenvalue weighted by atomic mass is 10.1. The van der Waals surface area contributed by atoms with Gasteiger partial charge in [-0.15, -0.1) is 0 Å². The average molecular weight is 387 g/mol. The van der Waals surface area contributed by atoms with Crippen molar-refractivity contribution in [2.24, 2.45) is 0 Å². The van der Waals surface area contributed by atoms with E-state index in [-0.39, 0.29) is 0 Å². The molecule has 29 heavy (non-hydrogen) atoms. The topological polar surface area (TPSA) is 95.0 Å². The number of ether oxygens (including phenoxy) is 1. The number of rotatable bonds is 3. The summed E-state index contributed by atoms with van der Waals surface area (Å²) in [5.74, 6) is 1.85. The third-order valence-electron chi connectivity index (χ3n) is 5.13. The van der Waals surface area contributed by atoms with Crippen molar-refractivity contribution in [1.29, 1.82) is 0 Å². The fraction of sp³-hybridized carbons (Fsp3) is 0.238. The molecule has 2 N–H and O–H groups in total. The highest BCUT2D eigenvalue weighted by atomic mass is 16.5. The lowest BCUT2D eigenvalue weighted by molar-refractivity contribution is 0.122. The Morgan fingerprint density at radius 3 is 2.69 bits per heavy atom. The molecule has 1 aliphatic heterocycles. The molecule has 1 fully saturated rings. The van der Waals surface area contributed by atoms with E-state index in [0.717, 1.165) is 35.2 Å². The van der Waals surface area contributed by atoms with Crippen LogP contribution in [0.25, 0.3) is 28.0 Å². The SMILES string of the molecule is Cc1cccc2c1cnn2-c1cc(-c2ccc(N)nc2)nc(N2CCOCC2)n1. The number of aromatic nitrogens is 5. The summed E-state index contributed by atoms with van der Waals surface area (Å²) in [5, 5.41) is 5.72. The fourth-order valence-corrected chi connectivity index (χ4v) is 3.52. The van der Waals surface area contributed by atoms with E-state index in [1.54, 1.807) is 12.3 Å². The zero-order valence-corrected chi connectivity index (χ0v) is 16.1. The van der Waals surface area contributed by atoms with Crippen LogP contribution in [-0.4, -0.2) is 51.0 Å². The molecule has 4 aromatic rings. The minimum Gasteiger partial charge on any atom is -0.384 e. The standard InChI is InChI=1S/C21H21N7O/c1-14-3-2-4-18-16(14)13-24-28(18)20-11-17(15-5-6-19(22)23-12-15)25-21(26-20)27-7-9-29-10-8-27/h2-6,11-13H,7-10H2,1H3,(H2,22,23). The number of hydrogen-bond donors (Lipinski definition) is 1. The summed E-state index contributed by atoms with van der Waals surface area (Å²) in [7, 11) is 0. The molecule has 8 heteroatoms. The van der Waals surface area contributed by atoms with Gasteiger partial charge in [-0.25, -0.2) is 14.6 Å². The van der Waals surface area contributed by atoms with Crippen LogP contribution in [0.1, 0.15) is 5.56 Å². The van der Waals surface area contributed by atoms with Crippen molar-refractivity contribution in [1.82, 2.24) is 24.7 Å². The van der Waals surface area contributed by atoms with E-state index in [1.165, 1.54) is 5.56 Å². The molecule has 1 aliphatic rings. The fourth-order valence-electron chi connectivity index (χ4n) is 3.52. The summed E-state index contributed by atoms with van der Waals surface area (Å²) in [5.41, 5.74) is 9.60. The van der Waals surface area contributed by atoms with E-state index in [2.05, 4.69) is 34.0 Å². The molecule has 8 nitrogen and oxygen atoms in total. The van der Waals surface area contributed by atoms with Crippen molar-refractivity contribution in [3.8, 4) is 17.1 Å². The van der Waals surface area contributed by atoms with Crippen LogP contribution in [0.3, 0.4) is 0 Å².